The monoisotopic (exact) mass is 426 g/mol. The zero-order valence-electron chi connectivity index (χ0n) is 18.6. The molecule has 168 valence electrons. The van der Waals surface area contributed by atoms with Crippen LogP contribution >= 0.6 is 0 Å². The zero-order chi connectivity index (χ0) is 22.1. The summed E-state index contributed by atoms with van der Waals surface area (Å²) in [6.07, 6.45) is 0.676. The largest absolute Gasteiger partial charge is 0.491 e. The minimum absolute atomic E-state index is 0.0829. The summed E-state index contributed by atoms with van der Waals surface area (Å²) < 4.78 is 11.8. The molecule has 2 N–H and O–H groups in total. The molecule has 2 bridgehead atoms. The van der Waals surface area contributed by atoms with Crippen molar-refractivity contribution >= 4 is 5.91 Å². The van der Waals surface area contributed by atoms with Gasteiger partial charge in [0.25, 0.3) is 5.91 Å². The Balaban J connectivity index is 1.87. The third-order valence-corrected chi connectivity index (χ3v) is 5.17. The number of hydrogen-bond acceptors (Lipinski definition) is 5. The first-order valence-corrected chi connectivity index (χ1v) is 11.1. The summed E-state index contributed by atoms with van der Waals surface area (Å²) in [7, 11) is 0. The van der Waals surface area contributed by atoms with E-state index in [1.807, 2.05) is 12.1 Å². The fraction of sp³-hybridized carbons (Fsp3) is 0.480. The summed E-state index contributed by atoms with van der Waals surface area (Å²) in [5, 5.41) is 11.7. The highest BCUT2D eigenvalue weighted by Gasteiger charge is 2.14. The first-order chi connectivity index (χ1) is 15.0. The summed E-state index contributed by atoms with van der Waals surface area (Å²) >= 11 is 0. The van der Waals surface area contributed by atoms with Crippen LogP contribution in [0.2, 0.25) is 0 Å². The second kappa shape index (κ2) is 11.8. The van der Waals surface area contributed by atoms with E-state index in [1.54, 1.807) is 6.07 Å². The van der Waals surface area contributed by atoms with Gasteiger partial charge in [-0.25, -0.2) is 0 Å². The van der Waals surface area contributed by atoms with E-state index in [1.165, 1.54) is 11.1 Å². The van der Waals surface area contributed by atoms with Crippen molar-refractivity contribution in [2.24, 2.45) is 5.92 Å². The normalized spacial score (nSPS) is 15.6. The molecular formula is C25H34N2O4. The Morgan fingerprint density at radius 2 is 1.97 bits per heavy atom. The van der Waals surface area contributed by atoms with Gasteiger partial charge >= 0.3 is 0 Å². The number of rotatable bonds is 5. The molecule has 0 saturated carbocycles. The molecule has 0 aliphatic carbocycles. The van der Waals surface area contributed by atoms with Gasteiger partial charge < -0.3 is 19.9 Å². The first kappa shape index (κ1) is 23.3. The molecule has 6 nitrogen and oxygen atoms in total. The minimum Gasteiger partial charge on any atom is -0.491 e. The molecule has 1 aliphatic rings. The van der Waals surface area contributed by atoms with Crippen LogP contribution in [0.3, 0.4) is 0 Å². The Hall–Kier alpha value is -2.41. The van der Waals surface area contributed by atoms with E-state index in [2.05, 4.69) is 48.3 Å². The number of hydrogen-bond donors (Lipinski definition) is 2. The van der Waals surface area contributed by atoms with Crippen molar-refractivity contribution in [1.82, 2.24) is 10.2 Å². The first-order valence-electron chi connectivity index (χ1n) is 11.1. The highest BCUT2D eigenvalue weighted by Crippen LogP contribution is 2.24. The summed E-state index contributed by atoms with van der Waals surface area (Å²) in [4.78, 5) is 14.8. The second-order valence-electron chi connectivity index (χ2n) is 8.39. The molecule has 1 aliphatic heterocycles. The molecule has 31 heavy (non-hydrogen) atoms. The lowest BCUT2D eigenvalue weighted by molar-refractivity contribution is 0.0746. The molecule has 0 aromatic heterocycles. The number of benzene rings is 2. The Labute approximate surface area is 185 Å². The van der Waals surface area contributed by atoms with Crippen molar-refractivity contribution in [2.45, 2.75) is 26.8 Å². The SMILES string of the molecule is CC(C)CN1CCOCCOc2ccc(C(=O)NCCO)cc2Cc2cccc(c2)C1. The van der Waals surface area contributed by atoms with Gasteiger partial charge in [0.05, 0.1) is 19.8 Å². The number of nitrogens with one attached hydrogen (secondary N) is 1. The third-order valence-electron chi connectivity index (χ3n) is 5.17. The topological polar surface area (TPSA) is 71.0 Å². The lowest BCUT2D eigenvalue weighted by atomic mass is 9.99. The van der Waals surface area contributed by atoms with Crippen molar-refractivity contribution < 1.29 is 19.4 Å². The average Bonchev–Trinajstić information content (AvgIpc) is 2.74. The molecule has 1 amide bonds. The lowest BCUT2D eigenvalue weighted by Gasteiger charge is -2.25. The molecule has 2 aromatic rings. The smallest absolute Gasteiger partial charge is 0.251 e. The maximum absolute atomic E-state index is 12.4. The number of amides is 1. The fourth-order valence-corrected chi connectivity index (χ4v) is 3.84. The molecule has 0 spiro atoms. The number of carbonyl (C=O) groups is 1. The molecule has 0 fully saturated rings. The lowest BCUT2D eigenvalue weighted by Crippen LogP contribution is -2.31. The average molecular weight is 427 g/mol. The quantitative estimate of drug-likeness (QED) is 0.769. The van der Waals surface area contributed by atoms with Crippen LogP contribution in [0.15, 0.2) is 42.5 Å². The molecule has 0 atom stereocenters. The van der Waals surface area contributed by atoms with Crippen LogP contribution in [0.25, 0.3) is 0 Å². The minimum atomic E-state index is -0.197. The Morgan fingerprint density at radius 3 is 2.77 bits per heavy atom. The van der Waals surface area contributed by atoms with Gasteiger partial charge in [-0.3, -0.25) is 9.69 Å². The van der Waals surface area contributed by atoms with Crippen molar-refractivity contribution in [1.29, 1.82) is 0 Å². The molecule has 0 saturated heterocycles. The van der Waals surface area contributed by atoms with E-state index in [-0.39, 0.29) is 19.1 Å². The van der Waals surface area contributed by atoms with E-state index in [4.69, 9.17) is 14.6 Å². The Bertz CT molecular complexity index is 853. The van der Waals surface area contributed by atoms with Gasteiger partial charge in [0.2, 0.25) is 0 Å². The van der Waals surface area contributed by atoms with Crippen LogP contribution < -0.4 is 10.1 Å². The van der Waals surface area contributed by atoms with Gasteiger partial charge in [-0.2, -0.15) is 0 Å². The molecule has 0 unspecified atom stereocenters. The van der Waals surface area contributed by atoms with Crippen LogP contribution in [-0.2, 0) is 17.7 Å². The maximum Gasteiger partial charge on any atom is 0.251 e. The van der Waals surface area contributed by atoms with Crippen LogP contribution in [0.5, 0.6) is 5.75 Å². The van der Waals surface area contributed by atoms with Crippen molar-refractivity contribution in [3.05, 3.63) is 64.7 Å². The standard InChI is InChI=1S/C25H34N2O4/c1-19(2)17-27-9-11-30-12-13-31-24-7-6-22(25(29)26-8-10-28)16-23(24)15-20-4-3-5-21(14-20)18-27/h3-7,14,16,19,28H,8-13,15,17-18H2,1-2H3,(H,26,29). The molecule has 6 heteroatoms. The van der Waals surface area contributed by atoms with E-state index < -0.39 is 0 Å². The highest BCUT2D eigenvalue weighted by atomic mass is 16.5. The van der Waals surface area contributed by atoms with Crippen molar-refractivity contribution in [3.63, 3.8) is 0 Å². The van der Waals surface area contributed by atoms with Gasteiger partial charge in [0.1, 0.15) is 12.4 Å². The third kappa shape index (κ3) is 7.35. The van der Waals surface area contributed by atoms with Crippen LogP contribution in [0.1, 0.15) is 40.9 Å². The van der Waals surface area contributed by atoms with Crippen molar-refractivity contribution in [2.75, 3.05) is 46.1 Å². The number of nitrogens with zero attached hydrogens (tertiary/aromatic N) is 1. The number of carbonyl (C=O) groups excluding carboxylic acids is 1. The zero-order valence-corrected chi connectivity index (χ0v) is 18.6. The number of aliphatic hydroxyl groups is 1. The molecule has 1 heterocycles. The number of aliphatic hydroxyl groups excluding tert-OH is 1. The Morgan fingerprint density at radius 1 is 1.13 bits per heavy atom. The predicted octanol–water partition coefficient (Wildman–Crippen LogP) is 2.87. The van der Waals surface area contributed by atoms with Gasteiger partial charge in [-0.15, -0.1) is 0 Å². The summed E-state index contributed by atoms with van der Waals surface area (Å²) in [5.41, 5.74) is 3.99. The summed E-state index contributed by atoms with van der Waals surface area (Å²) in [5.74, 6) is 1.16. The molecule has 0 radical (unpaired) electrons. The molecular weight excluding hydrogens is 392 g/mol. The summed E-state index contributed by atoms with van der Waals surface area (Å²) in [6.45, 7) is 9.11. The Kier molecular flexibility index (Phi) is 8.88. The van der Waals surface area contributed by atoms with Crippen LogP contribution in [0, 0.1) is 5.92 Å². The fourth-order valence-electron chi connectivity index (χ4n) is 3.84. The molecule has 3 rings (SSSR count). The van der Waals surface area contributed by atoms with Crippen molar-refractivity contribution in [3.8, 4) is 5.75 Å². The van der Waals surface area contributed by atoms with E-state index in [0.29, 0.717) is 37.7 Å². The maximum atomic E-state index is 12.4. The summed E-state index contributed by atoms with van der Waals surface area (Å²) in [6, 6.07) is 14.1. The van der Waals surface area contributed by atoms with E-state index in [9.17, 15) is 4.79 Å². The number of fused-ring (bicyclic) bond motifs is 3. The van der Waals surface area contributed by atoms with Crippen LogP contribution in [0.4, 0.5) is 0 Å². The van der Waals surface area contributed by atoms with Gasteiger partial charge in [-0.05, 0) is 40.8 Å². The van der Waals surface area contributed by atoms with Gasteiger partial charge in [0.15, 0.2) is 0 Å². The van der Waals surface area contributed by atoms with Gasteiger partial charge in [0, 0.05) is 38.2 Å². The predicted molar refractivity (Wildman–Crippen MR) is 122 cm³/mol. The van der Waals surface area contributed by atoms with Gasteiger partial charge in [-0.1, -0.05) is 38.1 Å². The number of ether oxygens (including phenoxy) is 2. The van der Waals surface area contributed by atoms with Crippen LogP contribution in [-0.4, -0.2) is 62.0 Å². The molecule has 2 aromatic carbocycles. The van der Waals surface area contributed by atoms with E-state index in [0.717, 1.165) is 30.9 Å². The van der Waals surface area contributed by atoms with E-state index >= 15 is 0 Å². The second-order valence-corrected chi connectivity index (χ2v) is 8.39. The highest BCUT2D eigenvalue weighted by molar-refractivity contribution is 5.94.